The van der Waals surface area contributed by atoms with E-state index in [1.54, 1.807) is 12.3 Å². The monoisotopic (exact) mass is 205 g/mol. The average molecular weight is 205 g/mol. The molecular weight excluding hydrogens is 194 g/mol. The molecule has 2 rings (SSSR count). The van der Waals surface area contributed by atoms with Crippen molar-refractivity contribution in [2.75, 3.05) is 0 Å². The molecule has 78 valence electrons. The van der Waals surface area contributed by atoms with Gasteiger partial charge in [-0.25, -0.2) is 4.98 Å². The van der Waals surface area contributed by atoms with Crippen LogP contribution >= 0.6 is 0 Å². The van der Waals surface area contributed by atoms with Crippen molar-refractivity contribution >= 4 is 0 Å². The summed E-state index contributed by atoms with van der Waals surface area (Å²) in [7, 11) is 0. The molecule has 2 N–H and O–H groups in total. The van der Waals surface area contributed by atoms with Crippen LogP contribution in [0.15, 0.2) is 35.2 Å². The van der Waals surface area contributed by atoms with Crippen LogP contribution in [0.25, 0.3) is 0 Å². The summed E-state index contributed by atoms with van der Waals surface area (Å²) < 4.78 is 10.1. The summed E-state index contributed by atoms with van der Waals surface area (Å²) in [4.78, 5) is 4.09. The van der Waals surface area contributed by atoms with Gasteiger partial charge in [0.25, 0.3) is 0 Å². The largest absolute Gasteiger partial charge is 0.471 e. The van der Waals surface area contributed by atoms with Gasteiger partial charge >= 0.3 is 0 Å². The van der Waals surface area contributed by atoms with Crippen molar-refractivity contribution in [3.63, 3.8) is 0 Å². The molecule has 2 heterocycles. The molecule has 5 heteroatoms. The number of hydrogen-bond donors (Lipinski definition) is 1. The molecule has 0 aromatic carbocycles. The molecule has 0 atom stereocenters. The van der Waals surface area contributed by atoms with Gasteiger partial charge in [-0.15, -0.1) is 0 Å². The normalized spacial score (nSPS) is 10.2. The molecule has 0 fully saturated rings. The summed E-state index contributed by atoms with van der Waals surface area (Å²) >= 11 is 0. The lowest BCUT2D eigenvalue weighted by molar-refractivity contribution is 0.276. The van der Waals surface area contributed by atoms with E-state index in [9.17, 15) is 0 Å². The van der Waals surface area contributed by atoms with E-state index in [4.69, 9.17) is 10.5 Å². The molecule has 15 heavy (non-hydrogen) atoms. The fourth-order valence-corrected chi connectivity index (χ4v) is 1.16. The predicted octanol–water partition coefficient (Wildman–Crippen LogP) is 1.11. The second-order valence-electron chi connectivity index (χ2n) is 2.95. The van der Waals surface area contributed by atoms with E-state index < -0.39 is 0 Å². The third kappa shape index (κ3) is 2.32. The van der Waals surface area contributed by atoms with E-state index in [2.05, 4.69) is 14.7 Å². The first-order valence-electron chi connectivity index (χ1n) is 4.56. The van der Waals surface area contributed by atoms with Gasteiger partial charge in [-0.1, -0.05) is 11.2 Å². The summed E-state index contributed by atoms with van der Waals surface area (Å²) in [6.07, 6.45) is 3.16. The first-order valence-corrected chi connectivity index (χ1v) is 4.56. The predicted molar refractivity (Wildman–Crippen MR) is 53.0 cm³/mol. The Bertz CT molecular complexity index is 414. The maximum absolute atomic E-state index is 5.55. The van der Waals surface area contributed by atoms with Gasteiger partial charge in [-0.05, 0) is 6.07 Å². The van der Waals surface area contributed by atoms with Gasteiger partial charge in [0.05, 0.1) is 0 Å². The van der Waals surface area contributed by atoms with Gasteiger partial charge in [-0.3, -0.25) is 0 Å². The lowest BCUT2D eigenvalue weighted by atomic mass is 10.3. The lowest BCUT2D eigenvalue weighted by Crippen LogP contribution is -2.04. The molecule has 2 aromatic heterocycles. The zero-order valence-electron chi connectivity index (χ0n) is 8.09. The van der Waals surface area contributed by atoms with E-state index in [1.807, 2.05) is 12.1 Å². The van der Waals surface area contributed by atoms with Crippen molar-refractivity contribution in [1.82, 2.24) is 10.1 Å². The van der Waals surface area contributed by atoms with Crippen molar-refractivity contribution in [1.29, 1.82) is 0 Å². The highest BCUT2D eigenvalue weighted by atomic mass is 16.5. The van der Waals surface area contributed by atoms with Crippen LogP contribution in [0.3, 0.4) is 0 Å². The first kappa shape index (κ1) is 9.67. The molecule has 0 saturated carbocycles. The van der Waals surface area contributed by atoms with E-state index in [0.717, 1.165) is 11.3 Å². The summed E-state index contributed by atoms with van der Waals surface area (Å²) in [6.45, 7) is 0.739. The van der Waals surface area contributed by atoms with Crippen LogP contribution in [0, 0.1) is 0 Å². The Morgan fingerprint density at radius 3 is 3.07 bits per heavy atom. The number of nitrogens with zero attached hydrogens (tertiary/aromatic N) is 2. The topological polar surface area (TPSA) is 74.2 Å². The van der Waals surface area contributed by atoms with E-state index in [0.29, 0.717) is 19.0 Å². The van der Waals surface area contributed by atoms with Crippen LogP contribution in [-0.2, 0) is 13.2 Å². The van der Waals surface area contributed by atoms with Gasteiger partial charge < -0.3 is 15.0 Å². The Morgan fingerprint density at radius 2 is 2.33 bits per heavy atom. The van der Waals surface area contributed by atoms with Crippen LogP contribution in [-0.4, -0.2) is 10.1 Å². The number of nitrogens with two attached hydrogens (primary N) is 1. The summed E-state index contributed by atoms with van der Waals surface area (Å²) in [5, 5.41) is 3.73. The first-order chi connectivity index (χ1) is 7.40. The molecule has 0 aliphatic rings. The minimum absolute atomic E-state index is 0.334. The third-order valence-electron chi connectivity index (χ3n) is 1.92. The molecule has 2 aromatic rings. The molecule has 0 amide bonds. The van der Waals surface area contributed by atoms with Crippen molar-refractivity contribution in [3.05, 3.63) is 41.9 Å². The Balaban J connectivity index is 2.04. The van der Waals surface area contributed by atoms with Gasteiger partial charge in [0.2, 0.25) is 5.88 Å². The Kier molecular flexibility index (Phi) is 2.94. The van der Waals surface area contributed by atoms with Crippen molar-refractivity contribution < 1.29 is 9.26 Å². The second-order valence-corrected chi connectivity index (χ2v) is 2.95. The van der Waals surface area contributed by atoms with Gasteiger partial charge in [0.15, 0.2) is 0 Å². The molecule has 5 nitrogen and oxygen atoms in total. The lowest BCUT2D eigenvalue weighted by Gasteiger charge is -2.06. The van der Waals surface area contributed by atoms with Crippen LogP contribution < -0.4 is 10.5 Å². The van der Waals surface area contributed by atoms with E-state index in [1.165, 1.54) is 6.26 Å². The number of pyridine rings is 1. The summed E-state index contributed by atoms with van der Waals surface area (Å²) in [5.41, 5.74) is 7.15. The van der Waals surface area contributed by atoms with Gasteiger partial charge in [0, 0.05) is 24.4 Å². The zero-order valence-corrected chi connectivity index (χ0v) is 8.09. The van der Waals surface area contributed by atoms with Crippen molar-refractivity contribution in [2.45, 2.75) is 13.2 Å². The highest BCUT2D eigenvalue weighted by Gasteiger charge is 2.04. The molecule has 0 aliphatic heterocycles. The highest BCUT2D eigenvalue weighted by molar-refractivity contribution is 5.25. The Morgan fingerprint density at radius 1 is 1.40 bits per heavy atom. The molecule has 0 bridgehead atoms. The number of hydrogen-bond acceptors (Lipinski definition) is 5. The molecule has 0 saturated heterocycles. The van der Waals surface area contributed by atoms with Gasteiger partial charge in [0.1, 0.15) is 18.6 Å². The standard InChI is InChI=1S/C10H11N3O2/c11-6-8-2-1-4-12-10(8)14-7-9-3-5-15-13-9/h1-5H,6-7,11H2. The van der Waals surface area contributed by atoms with Crippen molar-refractivity contribution in [3.8, 4) is 5.88 Å². The molecular formula is C10H11N3O2. The van der Waals surface area contributed by atoms with Crippen LogP contribution in [0.1, 0.15) is 11.3 Å². The smallest absolute Gasteiger partial charge is 0.218 e. The highest BCUT2D eigenvalue weighted by Crippen LogP contribution is 2.14. The molecule has 0 unspecified atom stereocenters. The zero-order chi connectivity index (χ0) is 10.5. The maximum atomic E-state index is 5.55. The Hall–Kier alpha value is -1.88. The summed E-state index contributed by atoms with van der Waals surface area (Å²) in [5.74, 6) is 0.544. The fraction of sp³-hybridized carbons (Fsp3) is 0.200. The quantitative estimate of drug-likeness (QED) is 0.809. The SMILES string of the molecule is NCc1cccnc1OCc1ccon1. The maximum Gasteiger partial charge on any atom is 0.218 e. The second kappa shape index (κ2) is 4.56. The number of rotatable bonds is 4. The van der Waals surface area contributed by atoms with Gasteiger partial charge in [-0.2, -0.15) is 0 Å². The fourth-order valence-electron chi connectivity index (χ4n) is 1.16. The third-order valence-corrected chi connectivity index (χ3v) is 1.92. The minimum Gasteiger partial charge on any atom is -0.471 e. The van der Waals surface area contributed by atoms with E-state index in [-0.39, 0.29) is 0 Å². The minimum atomic E-state index is 0.334. The van der Waals surface area contributed by atoms with Crippen LogP contribution in [0.5, 0.6) is 5.88 Å². The average Bonchev–Trinajstić information content (AvgIpc) is 2.79. The van der Waals surface area contributed by atoms with Crippen LogP contribution in [0.2, 0.25) is 0 Å². The summed E-state index contributed by atoms with van der Waals surface area (Å²) in [6, 6.07) is 5.45. The number of aromatic nitrogens is 2. The van der Waals surface area contributed by atoms with Crippen LogP contribution in [0.4, 0.5) is 0 Å². The molecule has 0 aliphatic carbocycles. The molecule has 0 radical (unpaired) electrons. The Labute approximate surface area is 86.9 Å². The molecule has 0 spiro atoms. The number of ether oxygens (including phenoxy) is 1. The van der Waals surface area contributed by atoms with E-state index >= 15 is 0 Å². The van der Waals surface area contributed by atoms with Crippen molar-refractivity contribution in [2.24, 2.45) is 5.73 Å².